The topological polar surface area (TPSA) is 33.5 Å². The lowest BCUT2D eigenvalue weighted by Gasteiger charge is -2.27. The molecular formula is C24H33NO2. The van der Waals surface area contributed by atoms with Gasteiger partial charge in [-0.3, -0.25) is 4.79 Å². The average molecular weight is 368 g/mol. The molecule has 0 amide bonds. The molecule has 2 aliphatic rings. The third-order valence-corrected chi connectivity index (χ3v) is 6.98. The summed E-state index contributed by atoms with van der Waals surface area (Å²) in [6.07, 6.45) is 5.53. The first-order valence-corrected chi connectivity index (χ1v) is 10.8. The van der Waals surface area contributed by atoms with Gasteiger partial charge in [0.1, 0.15) is 11.3 Å². The van der Waals surface area contributed by atoms with Gasteiger partial charge in [-0.15, -0.1) is 0 Å². The van der Waals surface area contributed by atoms with Crippen molar-refractivity contribution >= 4 is 11.0 Å². The smallest absolute Gasteiger partial charge is 0.193 e. The van der Waals surface area contributed by atoms with E-state index in [0.717, 1.165) is 48.1 Å². The summed E-state index contributed by atoms with van der Waals surface area (Å²) in [6, 6.07) is 4.56. The molecule has 0 bridgehead atoms. The first-order chi connectivity index (χ1) is 13.0. The number of fused-ring (bicyclic) bond motifs is 1. The van der Waals surface area contributed by atoms with Crippen LogP contribution in [-0.2, 0) is 6.42 Å². The molecule has 146 valence electrons. The maximum atomic E-state index is 13.1. The quantitative estimate of drug-likeness (QED) is 0.712. The number of rotatable bonds is 5. The van der Waals surface area contributed by atoms with E-state index < -0.39 is 0 Å². The van der Waals surface area contributed by atoms with Crippen LogP contribution >= 0.6 is 0 Å². The van der Waals surface area contributed by atoms with Crippen LogP contribution in [-0.4, -0.2) is 24.5 Å². The van der Waals surface area contributed by atoms with Crippen molar-refractivity contribution in [2.24, 2.45) is 5.92 Å². The van der Waals surface area contributed by atoms with Crippen molar-refractivity contribution in [2.75, 3.05) is 13.6 Å². The van der Waals surface area contributed by atoms with Crippen molar-refractivity contribution in [1.82, 2.24) is 4.90 Å². The lowest BCUT2D eigenvalue weighted by Crippen LogP contribution is -2.28. The van der Waals surface area contributed by atoms with Crippen LogP contribution < -0.4 is 5.43 Å². The normalized spacial score (nSPS) is 28.2. The molecule has 3 heteroatoms. The summed E-state index contributed by atoms with van der Waals surface area (Å²) in [6.45, 7) is 9.97. The van der Waals surface area contributed by atoms with E-state index in [1.54, 1.807) is 6.07 Å². The van der Waals surface area contributed by atoms with Gasteiger partial charge in [-0.2, -0.15) is 0 Å². The zero-order valence-electron chi connectivity index (χ0n) is 17.5. The Labute approximate surface area is 162 Å². The van der Waals surface area contributed by atoms with E-state index in [-0.39, 0.29) is 5.43 Å². The van der Waals surface area contributed by atoms with Gasteiger partial charge >= 0.3 is 0 Å². The van der Waals surface area contributed by atoms with Crippen molar-refractivity contribution < 1.29 is 4.42 Å². The van der Waals surface area contributed by atoms with E-state index >= 15 is 0 Å². The molecule has 4 atom stereocenters. The Hall–Kier alpha value is -1.61. The first-order valence-electron chi connectivity index (χ1n) is 10.8. The lowest BCUT2D eigenvalue weighted by molar-refractivity contribution is 0.280. The van der Waals surface area contributed by atoms with E-state index in [0.29, 0.717) is 23.8 Å². The Morgan fingerprint density at radius 2 is 1.96 bits per heavy atom. The highest BCUT2D eigenvalue weighted by molar-refractivity contribution is 5.85. The SMILES string of the molecule is CCCC1C(c2c(C)cc(CC)c3c(=O)cc(C4CC4C)oc23)CCN1C. The highest BCUT2D eigenvalue weighted by Crippen LogP contribution is 2.48. The second-order valence-corrected chi connectivity index (χ2v) is 8.89. The molecule has 2 heterocycles. The largest absolute Gasteiger partial charge is 0.460 e. The number of nitrogens with zero attached hydrogens (tertiary/aromatic N) is 1. The van der Waals surface area contributed by atoms with Crippen LogP contribution in [0.4, 0.5) is 0 Å². The van der Waals surface area contributed by atoms with Gasteiger partial charge in [0, 0.05) is 29.5 Å². The lowest BCUT2D eigenvalue weighted by atomic mass is 9.84. The van der Waals surface area contributed by atoms with E-state index in [9.17, 15) is 4.79 Å². The van der Waals surface area contributed by atoms with Crippen molar-refractivity contribution in [1.29, 1.82) is 0 Å². The van der Waals surface area contributed by atoms with Gasteiger partial charge in [-0.05, 0) is 63.2 Å². The Morgan fingerprint density at radius 3 is 2.59 bits per heavy atom. The average Bonchev–Trinajstić information content (AvgIpc) is 3.27. The highest BCUT2D eigenvalue weighted by atomic mass is 16.3. The summed E-state index contributed by atoms with van der Waals surface area (Å²) in [7, 11) is 2.24. The number of aryl methyl sites for hydroxylation is 2. The van der Waals surface area contributed by atoms with Crippen molar-refractivity contribution in [2.45, 2.75) is 77.7 Å². The summed E-state index contributed by atoms with van der Waals surface area (Å²) in [5.41, 5.74) is 4.78. The van der Waals surface area contributed by atoms with Crippen LogP contribution in [0, 0.1) is 12.8 Å². The minimum absolute atomic E-state index is 0.154. The van der Waals surface area contributed by atoms with Gasteiger partial charge in [-0.1, -0.05) is 33.3 Å². The molecule has 1 aliphatic heterocycles. The minimum Gasteiger partial charge on any atom is -0.460 e. The van der Waals surface area contributed by atoms with Gasteiger partial charge in [0.05, 0.1) is 5.39 Å². The van der Waals surface area contributed by atoms with Gasteiger partial charge in [0.25, 0.3) is 0 Å². The highest BCUT2D eigenvalue weighted by Gasteiger charge is 2.38. The summed E-state index contributed by atoms with van der Waals surface area (Å²) < 4.78 is 6.55. The maximum absolute atomic E-state index is 13.1. The Bertz CT molecular complexity index is 913. The molecule has 1 aromatic heterocycles. The molecule has 0 spiro atoms. The van der Waals surface area contributed by atoms with Crippen LogP contribution in [0.1, 0.15) is 80.7 Å². The zero-order chi connectivity index (χ0) is 19.3. The fourth-order valence-electron chi connectivity index (χ4n) is 5.30. The predicted octanol–water partition coefficient (Wildman–Crippen LogP) is 5.38. The molecule has 0 radical (unpaired) electrons. The van der Waals surface area contributed by atoms with Crippen molar-refractivity contribution in [3.05, 3.63) is 44.8 Å². The standard InChI is InChI=1S/C24H33NO2/c1-6-8-19-17(9-10-25(19)5)22-15(4)11-16(7-2)23-20(26)13-21(27-24(22)23)18-12-14(18)3/h11,13-14,17-19H,6-10,12H2,1-5H3. The summed E-state index contributed by atoms with van der Waals surface area (Å²) in [5.74, 6) is 2.43. The molecule has 0 N–H and O–H groups in total. The van der Waals surface area contributed by atoms with Crippen LogP contribution in [0.25, 0.3) is 11.0 Å². The molecule has 1 saturated carbocycles. The Balaban J connectivity index is 1.95. The van der Waals surface area contributed by atoms with Crippen LogP contribution in [0.5, 0.6) is 0 Å². The molecular weight excluding hydrogens is 334 g/mol. The monoisotopic (exact) mass is 367 g/mol. The Kier molecular flexibility index (Phi) is 4.92. The second kappa shape index (κ2) is 7.09. The van der Waals surface area contributed by atoms with E-state index in [1.165, 1.54) is 24.0 Å². The minimum atomic E-state index is 0.154. The second-order valence-electron chi connectivity index (χ2n) is 8.89. The number of benzene rings is 1. The van der Waals surface area contributed by atoms with E-state index in [1.807, 2.05) is 0 Å². The number of likely N-dealkylation sites (tertiary alicyclic amines) is 1. The molecule has 4 rings (SSSR count). The van der Waals surface area contributed by atoms with Crippen LogP contribution in [0.2, 0.25) is 0 Å². The third kappa shape index (κ3) is 3.14. The molecule has 2 aromatic rings. The first kappa shape index (κ1) is 18.7. The van der Waals surface area contributed by atoms with Crippen LogP contribution in [0.3, 0.4) is 0 Å². The Morgan fingerprint density at radius 1 is 1.22 bits per heavy atom. The van der Waals surface area contributed by atoms with Crippen molar-refractivity contribution in [3.63, 3.8) is 0 Å². The number of hydrogen-bond acceptors (Lipinski definition) is 3. The fraction of sp³-hybridized carbons (Fsp3) is 0.625. The molecule has 1 aliphatic carbocycles. The van der Waals surface area contributed by atoms with Gasteiger partial charge < -0.3 is 9.32 Å². The molecule has 1 aromatic carbocycles. The molecule has 27 heavy (non-hydrogen) atoms. The third-order valence-electron chi connectivity index (χ3n) is 6.98. The zero-order valence-corrected chi connectivity index (χ0v) is 17.5. The number of hydrogen-bond donors (Lipinski definition) is 0. The fourth-order valence-corrected chi connectivity index (χ4v) is 5.30. The number of likely N-dealkylation sites (N-methyl/N-ethyl adjacent to an activating group) is 1. The van der Waals surface area contributed by atoms with E-state index in [4.69, 9.17) is 4.42 Å². The predicted molar refractivity (Wildman–Crippen MR) is 112 cm³/mol. The van der Waals surface area contributed by atoms with Gasteiger partial charge in [-0.25, -0.2) is 0 Å². The maximum Gasteiger partial charge on any atom is 0.193 e. The summed E-state index contributed by atoms with van der Waals surface area (Å²) in [4.78, 5) is 15.6. The van der Waals surface area contributed by atoms with Crippen molar-refractivity contribution in [3.8, 4) is 0 Å². The van der Waals surface area contributed by atoms with Crippen LogP contribution in [0.15, 0.2) is 21.3 Å². The van der Waals surface area contributed by atoms with Gasteiger partial charge in [0.2, 0.25) is 0 Å². The molecule has 1 saturated heterocycles. The molecule has 2 fully saturated rings. The molecule has 3 nitrogen and oxygen atoms in total. The van der Waals surface area contributed by atoms with E-state index in [2.05, 4.69) is 45.7 Å². The summed E-state index contributed by atoms with van der Waals surface area (Å²) >= 11 is 0. The molecule has 4 unspecified atom stereocenters. The van der Waals surface area contributed by atoms with Gasteiger partial charge in [0.15, 0.2) is 5.43 Å². The summed E-state index contributed by atoms with van der Waals surface area (Å²) in [5, 5.41) is 0.833.